The minimum atomic E-state index is -1.42. The molecule has 102 valence electrons. The Hall–Kier alpha value is -2.64. The van der Waals surface area contributed by atoms with E-state index in [1.54, 1.807) is 0 Å². The molecule has 1 atom stereocenters. The highest BCUT2D eigenvalue weighted by atomic mass is 19.1. The number of benzene rings is 1. The van der Waals surface area contributed by atoms with Crippen LogP contribution in [0.25, 0.3) is 0 Å². The summed E-state index contributed by atoms with van der Waals surface area (Å²) in [6.07, 6.45) is -0.522. The second-order valence-electron chi connectivity index (χ2n) is 3.67. The van der Waals surface area contributed by atoms with Crippen LogP contribution in [0.3, 0.4) is 0 Å². The number of halogens is 1. The van der Waals surface area contributed by atoms with Crippen molar-refractivity contribution in [3.8, 4) is 0 Å². The van der Waals surface area contributed by atoms with Crippen LogP contribution in [0.2, 0.25) is 0 Å². The van der Waals surface area contributed by atoms with Crippen molar-refractivity contribution in [1.29, 1.82) is 0 Å². The number of hydrogen-bond acceptors (Lipinski definition) is 3. The first-order chi connectivity index (χ1) is 8.88. The zero-order valence-electron chi connectivity index (χ0n) is 9.72. The topological polar surface area (TPSA) is 122 Å². The molecule has 0 aliphatic carbocycles. The number of nitrogens with two attached hydrogens (primary N) is 1. The third-order valence-electron chi connectivity index (χ3n) is 2.11. The van der Waals surface area contributed by atoms with E-state index in [0.29, 0.717) is 0 Å². The molecule has 0 radical (unpaired) electrons. The first-order valence-corrected chi connectivity index (χ1v) is 5.22. The van der Waals surface area contributed by atoms with Gasteiger partial charge in [-0.05, 0) is 24.3 Å². The van der Waals surface area contributed by atoms with Gasteiger partial charge in [0.15, 0.2) is 0 Å². The maximum atomic E-state index is 12.6. The van der Waals surface area contributed by atoms with E-state index in [2.05, 4.69) is 10.6 Å². The van der Waals surface area contributed by atoms with Crippen molar-refractivity contribution in [2.75, 3.05) is 5.32 Å². The predicted octanol–water partition coefficient (Wildman–Crippen LogP) is 0.276. The van der Waals surface area contributed by atoms with Gasteiger partial charge in [-0.25, -0.2) is 14.0 Å². The Morgan fingerprint density at radius 3 is 2.32 bits per heavy atom. The zero-order chi connectivity index (χ0) is 14.4. The minimum Gasteiger partial charge on any atom is -0.480 e. The number of hydrogen-bond donors (Lipinski definition) is 4. The standard InChI is InChI=1S/C11H12FN3O4/c12-6-1-3-7(4-2-6)14-11(19)15-8(10(17)18)5-9(13)16/h1-4,8H,5H2,(H2,13,16)(H,17,18)(H2,14,15,19)/t8-/m1/s1. The second-order valence-corrected chi connectivity index (χ2v) is 3.67. The molecule has 0 aliphatic rings. The van der Waals surface area contributed by atoms with E-state index in [1.807, 2.05) is 0 Å². The van der Waals surface area contributed by atoms with Gasteiger partial charge in [-0.2, -0.15) is 0 Å². The average molecular weight is 269 g/mol. The van der Waals surface area contributed by atoms with Crippen LogP contribution in [0, 0.1) is 5.82 Å². The van der Waals surface area contributed by atoms with Crippen LogP contribution in [-0.2, 0) is 9.59 Å². The molecule has 0 saturated heterocycles. The summed E-state index contributed by atoms with van der Waals surface area (Å²) in [5.41, 5.74) is 5.14. The molecule has 0 bridgehead atoms. The number of carboxylic acids is 1. The van der Waals surface area contributed by atoms with Crippen LogP contribution in [0.4, 0.5) is 14.9 Å². The van der Waals surface area contributed by atoms with Gasteiger partial charge < -0.3 is 21.5 Å². The minimum absolute atomic E-state index is 0.280. The Kier molecular flexibility index (Phi) is 4.81. The molecule has 0 unspecified atom stereocenters. The normalized spacial score (nSPS) is 11.4. The number of rotatable bonds is 5. The molecule has 0 saturated carbocycles. The quantitative estimate of drug-likeness (QED) is 0.613. The monoisotopic (exact) mass is 269 g/mol. The van der Waals surface area contributed by atoms with Crippen LogP contribution in [0.15, 0.2) is 24.3 Å². The number of carbonyl (C=O) groups is 3. The first-order valence-electron chi connectivity index (χ1n) is 5.22. The highest BCUT2D eigenvalue weighted by Gasteiger charge is 2.21. The molecule has 1 aromatic rings. The molecule has 8 heteroatoms. The highest BCUT2D eigenvalue weighted by Crippen LogP contribution is 2.08. The number of urea groups is 1. The molecule has 0 aliphatic heterocycles. The van der Waals surface area contributed by atoms with Crippen molar-refractivity contribution in [1.82, 2.24) is 5.32 Å². The van der Waals surface area contributed by atoms with Gasteiger partial charge in [-0.1, -0.05) is 0 Å². The van der Waals surface area contributed by atoms with E-state index in [0.717, 1.165) is 12.1 Å². The molecule has 19 heavy (non-hydrogen) atoms. The van der Waals surface area contributed by atoms with Crippen molar-refractivity contribution < 1.29 is 23.9 Å². The first kappa shape index (κ1) is 14.4. The molecule has 0 aromatic heterocycles. The van der Waals surface area contributed by atoms with E-state index < -0.39 is 36.2 Å². The largest absolute Gasteiger partial charge is 0.480 e. The summed E-state index contributed by atoms with van der Waals surface area (Å²) in [4.78, 5) is 32.9. The molecule has 7 nitrogen and oxygen atoms in total. The van der Waals surface area contributed by atoms with Crippen LogP contribution >= 0.6 is 0 Å². The van der Waals surface area contributed by atoms with E-state index in [1.165, 1.54) is 12.1 Å². The summed E-state index contributed by atoms with van der Waals surface area (Å²) in [6.45, 7) is 0. The Labute approximate surface area is 107 Å². The van der Waals surface area contributed by atoms with Gasteiger partial charge in [0.2, 0.25) is 5.91 Å². The van der Waals surface area contributed by atoms with Gasteiger partial charge in [-0.15, -0.1) is 0 Å². The number of carboxylic acid groups (broad SMARTS) is 1. The molecule has 3 amide bonds. The van der Waals surface area contributed by atoms with Gasteiger partial charge in [-0.3, -0.25) is 4.79 Å². The van der Waals surface area contributed by atoms with E-state index >= 15 is 0 Å². The van der Waals surface area contributed by atoms with Gasteiger partial charge in [0.05, 0.1) is 6.42 Å². The van der Waals surface area contributed by atoms with Crippen LogP contribution in [0.5, 0.6) is 0 Å². The predicted molar refractivity (Wildman–Crippen MR) is 63.8 cm³/mol. The van der Waals surface area contributed by atoms with Crippen molar-refractivity contribution in [3.63, 3.8) is 0 Å². The lowest BCUT2D eigenvalue weighted by Crippen LogP contribution is -2.45. The number of amides is 3. The molecule has 0 spiro atoms. The highest BCUT2D eigenvalue weighted by molar-refractivity contribution is 5.93. The second kappa shape index (κ2) is 6.34. The van der Waals surface area contributed by atoms with Gasteiger partial charge >= 0.3 is 12.0 Å². The maximum Gasteiger partial charge on any atom is 0.326 e. The fourth-order valence-electron chi connectivity index (χ4n) is 1.26. The summed E-state index contributed by atoms with van der Waals surface area (Å²) >= 11 is 0. The fourth-order valence-corrected chi connectivity index (χ4v) is 1.26. The Morgan fingerprint density at radius 1 is 1.26 bits per heavy atom. The molecule has 0 fully saturated rings. The van der Waals surface area contributed by atoms with Gasteiger partial charge in [0.1, 0.15) is 11.9 Å². The number of aliphatic carboxylic acids is 1. The number of primary amides is 1. The lowest BCUT2D eigenvalue weighted by molar-refractivity contribution is -0.140. The lowest BCUT2D eigenvalue weighted by Gasteiger charge is -2.13. The average Bonchev–Trinajstić information content (AvgIpc) is 2.30. The molecular weight excluding hydrogens is 257 g/mol. The number of nitrogens with one attached hydrogen (secondary N) is 2. The summed E-state index contributed by atoms with van der Waals surface area (Å²) in [5, 5.41) is 13.1. The van der Waals surface area contributed by atoms with Crippen molar-refractivity contribution in [3.05, 3.63) is 30.1 Å². The summed E-state index contributed by atoms with van der Waals surface area (Å²) in [6, 6.07) is 2.62. The summed E-state index contributed by atoms with van der Waals surface area (Å²) in [7, 11) is 0. The number of anilines is 1. The molecule has 5 N–H and O–H groups in total. The van der Waals surface area contributed by atoms with Crippen molar-refractivity contribution >= 4 is 23.6 Å². The van der Waals surface area contributed by atoms with Gasteiger partial charge in [0, 0.05) is 5.69 Å². The van der Waals surface area contributed by atoms with Crippen LogP contribution in [-0.4, -0.2) is 29.1 Å². The lowest BCUT2D eigenvalue weighted by atomic mass is 10.2. The zero-order valence-corrected chi connectivity index (χ0v) is 9.72. The molecule has 1 aromatic carbocycles. The molecule has 1 rings (SSSR count). The fraction of sp³-hybridized carbons (Fsp3) is 0.182. The van der Waals surface area contributed by atoms with E-state index in [4.69, 9.17) is 10.8 Å². The van der Waals surface area contributed by atoms with Gasteiger partial charge in [0.25, 0.3) is 0 Å². The third-order valence-corrected chi connectivity index (χ3v) is 2.11. The summed E-state index contributed by atoms with van der Waals surface area (Å²) in [5.74, 6) is -2.70. The van der Waals surface area contributed by atoms with Crippen molar-refractivity contribution in [2.24, 2.45) is 5.73 Å². The molecular formula is C11H12FN3O4. The Bertz CT molecular complexity index is 489. The smallest absolute Gasteiger partial charge is 0.326 e. The maximum absolute atomic E-state index is 12.6. The van der Waals surface area contributed by atoms with E-state index in [9.17, 15) is 18.8 Å². The van der Waals surface area contributed by atoms with Crippen molar-refractivity contribution in [2.45, 2.75) is 12.5 Å². The summed E-state index contributed by atoms with van der Waals surface area (Å²) < 4.78 is 12.6. The molecule has 0 heterocycles. The SMILES string of the molecule is NC(=O)C[C@@H](NC(=O)Nc1ccc(F)cc1)C(=O)O. The van der Waals surface area contributed by atoms with Crippen LogP contribution in [0.1, 0.15) is 6.42 Å². The number of carbonyl (C=O) groups excluding carboxylic acids is 2. The van der Waals surface area contributed by atoms with Crippen LogP contribution < -0.4 is 16.4 Å². The Morgan fingerprint density at radius 2 is 1.84 bits per heavy atom. The van der Waals surface area contributed by atoms with E-state index in [-0.39, 0.29) is 5.69 Å². The third kappa shape index (κ3) is 5.02. The Balaban J connectivity index is 2.59.